The molecule has 1 fully saturated rings. The lowest BCUT2D eigenvalue weighted by atomic mass is 10.0. The van der Waals surface area contributed by atoms with E-state index in [0.717, 1.165) is 11.3 Å². The van der Waals surface area contributed by atoms with Crippen molar-refractivity contribution in [1.82, 2.24) is 24.3 Å². The van der Waals surface area contributed by atoms with Crippen LogP contribution in [0.4, 0.5) is 0 Å². The summed E-state index contributed by atoms with van der Waals surface area (Å²) < 4.78 is 37.0. The summed E-state index contributed by atoms with van der Waals surface area (Å²) in [5.41, 5.74) is 1.89. The average Bonchev–Trinajstić information content (AvgIpc) is 3.21. The zero-order valence-corrected chi connectivity index (χ0v) is 14.2. The maximum Gasteiger partial charge on any atom is 0.258 e. The Morgan fingerprint density at radius 2 is 2.22 bits per heavy atom. The molecule has 3 rings (SSSR count). The van der Waals surface area contributed by atoms with Crippen molar-refractivity contribution in [1.29, 1.82) is 0 Å². The summed E-state index contributed by atoms with van der Waals surface area (Å²) in [5.74, 6) is 0. The van der Waals surface area contributed by atoms with Crippen LogP contribution in [0, 0.1) is 6.92 Å². The second kappa shape index (κ2) is 6.06. The molecule has 1 N–H and O–H groups in total. The molecule has 0 amide bonds. The zero-order valence-electron chi connectivity index (χ0n) is 13.4. The summed E-state index contributed by atoms with van der Waals surface area (Å²) in [6, 6.07) is 1.19. The van der Waals surface area contributed by atoms with Gasteiger partial charge in [0.2, 0.25) is 0 Å². The van der Waals surface area contributed by atoms with Crippen molar-refractivity contribution < 1.29 is 13.2 Å². The Morgan fingerprint density at radius 3 is 2.87 bits per heavy atom. The van der Waals surface area contributed by atoms with Crippen molar-refractivity contribution in [2.24, 2.45) is 7.05 Å². The number of rotatable bonds is 5. The molecule has 0 aliphatic carbocycles. The first-order chi connectivity index (χ1) is 10.9. The van der Waals surface area contributed by atoms with E-state index in [2.05, 4.69) is 14.9 Å². The second-order valence-corrected chi connectivity index (χ2v) is 7.26. The smallest absolute Gasteiger partial charge is 0.258 e. The highest BCUT2D eigenvalue weighted by Crippen LogP contribution is 2.31. The van der Waals surface area contributed by atoms with Gasteiger partial charge in [0.1, 0.15) is 6.10 Å². The molecule has 0 spiro atoms. The number of aromatic nitrogens is 4. The molecule has 0 unspecified atom stereocenters. The van der Waals surface area contributed by atoms with Gasteiger partial charge in [0.15, 0.2) is 5.03 Å². The Bertz CT molecular complexity index is 795. The van der Waals surface area contributed by atoms with E-state index in [9.17, 15) is 8.42 Å². The monoisotopic (exact) mass is 339 g/mol. The molecule has 3 heterocycles. The van der Waals surface area contributed by atoms with Gasteiger partial charge >= 0.3 is 0 Å². The fraction of sp³-hybridized carbons (Fsp3) is 0.571. The molecular formula is C14H21N5O3S. The van der Waals surface area contributed by atoms with Crippen LogP contribution in [-0.4, -0.2) is 40.6 Å². The van der Waals surface area contributed by atoms with Crippen molar-refractivity contribution in [3.8, 4) is 0 Å². The van der Waals surface area contributed by atoms with E-state index in [4.69, 9.17) is 4.74 Å². The van der Waals surface area contributed by atoms with Crippen LogP contribution in [0.25, 0.3) is 0 Å². The lowest BCUT2D eigenvalue weighted by molar-refractivity contribution is 0.102. The highest BCUT2D eigenvalue weighted by molar-refractivity contribution is 7.89. The van der Waals surface area contributed by atoms with Crippen LogP contribution in [0.15, 0.2) is 23.5 Å². The van der Waals surface area contributed by atoms with Crippen molar-refractivity contribution >= 4 is 10.0 Å². The summed E-state index contributed by atoms with van der Waals surface area (Å²) in [6.07, 6.45) is 3.53. The molecule has 2 atom stereocenters. The third-order valence-corrected chi connectivity index (χ3v) is 5.74. The molecule has 9 heteroatoms. The van der Waals surface area contributed by atoms with Crippen LogP contribution in [0.3, 0.4) is 0 Å². The summed E-state index contributed by atoms with van der Waals surface area (Å²) in [7, 11) is -1.79. The van der Waals surface area contributed by atoms with Crippen molar-refractivity contribution in [3.63, 3.8) is 0 Å². The molecule has 2 aromatic rings. The number of nitrogens with zero attached hydrogens (tertiary/aromatic N) is 4. The molecule has 0 bridgehead atoms. The van der Waals surface area contributed by atoms with E-state index in [1.165, 1.54) is 16.9 Å². The molecule has 23 heavy (non-hydrogen) atoms. The molecule has 1 aliphatic heterocycles. The van der Waals surface area contributed by atoms with Crippen molar-refractivity contribution in [2.75, 3.05) is 6.61 Å². The van der Waals surface area contributed by atoms with Crippen LogP contribution in [0.1, 0.15) is 30.7 Å². The Labute approximate surface area is 135 Å². The molecule has 0 aromatic carbocycles. The molecule has 0 saturated carbocycles. The van der Waals surface area contributed by atoms with E-state index in [1.807, 2.05) is 20.9 Å². The Kier molecular flexibility index (Phi) is 4.26. The first kappa shape index (κ1) is 16.2. The van der Waals surface area contributed by atoms with Gasteiger partial charge < -0.3 is 4.74 Å². The van der Waals surface area contributed by atoms with E-state index in [0.29, 0.717) is 19.6 Å². The highest BCUT2D eigenvalue weighted by Gasteiger charge is 2.35. The first-order valence-electron chi connectivity index (χ1n) is 7.58. The van der Waals surface area contributed by atoms with E-state index in [1.54, 1.807) is 10.9 Å². The number of hydrogen-bond acceptors (Lipinski definition) is 5. The topological polar surface area (TPSA) is 91.0 Å². The summed E-state index contributed by atoms with van der Waals surface area (Å²) in [5, 5.41) is 8.41. The van der Waals surface area contributed by atoms with Crippen LogP contribution >= 0.6 is 0 Å². The third-order valence-electron chi connectivity index (χ3n) is 4.23. The Hall–Kier alpha value is -1.71. The number of hydrogen-bond donors (Lipinski definition) is 1. The molecule has 1 saturated heterocycles. The second-order valence-electron chi connectivity index (χ2n) is 5.60. The molecule has 1 aliphatic rings. The summed E-state index contributed by atoms with van der Waals surface area (Å²) in [6.45, 7) is 4.81. The minimum absolute atomic E-state index is 0.175. The highest BCUT2D eigenvalue weighted by atomic mass is 32.2. The van der Waals surface area contributed by atoms with E-state index < -0.39 is 10.0 Å². The Balaban J connectivity index is 1.85. The Morgan fingerprint density at radius 1 is 1.43 bits per heavy atom. The predicted molar refractivity (Wildman–Crippen MR) is 83.3 cm³/mol. The normalized spacial score (nSPS) is 21.9. The quantitative estimate of drug-likeness (QED) is 0.868. The van der Waals surface area contributed by atoms with Crippen LogP contribution in [0.2, 0.25) is 0 Å². The minimum atomic E-state index is -3.65. The van der Waals surface area contributed by atoms with Gasteiger partial charge in [-0.05, 0) is 26.3 Å². The fourth-order valence-corrected chi connectivity index (χ4v) is 4.31. The number of sulfonamides is 1. The largest absolute Gasteiger partial charge is 0.372 e. The summed E-state index contributed by atoms with van der Waals surface area (Å²) in [4.78, 5) is 0. The van der Waals surface area contributed by atoms with Gasteiger partial charge in [0, 0.05) is 31.5 Å². The molecular weight excluding hydrogens is 318 g/mol. The van der Waals surface area contributed by atoms with Crippen LogP contribution in [-0.2, 0) is 28.4 Å². The number of ether oxygens (including phenoxy) is 1. The van der Waals surface area contributed by atoms with Gasteiger partial charge in [-0.2, -0.15) is 10.2 Å². The van der Waals surface area contributed by atoms with Gasteiger partial charge in [-0.3, -0.25) is 9.36 Å². The van der Waals surface area contributed by atoms with Crippen molar-refractivity contribution in [2.45, 2.75) is 44.0 Å². The standard InChI is InChI=1S/C14H21N5O3S/c1-4-19-13(5-7-15-19)23(20,21)17-12-6-8-22-14(12)11-9-16-18(3)10(11)2/h5,7,9,12,14,17H,4,6,8H2,1-3H3/t12-,14+/m0/s1. The fourth-order valence-electron chi connectivity index (χ4n) is 2.86. The average molecular weight is 339 g/mol. The van der Waals surface area contributed by atoms with Gasteiger partial charge in [-0.1, -0.05) is 0 Å². The predicted octanol–water partition coefficient (Wildman–Crippen LogP) is 0.753. The maximum absolute atomic E-state index is 12.6. The first-order valence-corrected chi connectivity index (χ1v) is 9.06. The SMILES string of the molecule is CCn1nccc1S(=O)(=O)N[C@H]1CCO[C@@H]1c1cnn(C)c1C. The minimum Gasteiger partial charge on any atom is -0.372 e. The molecule has 2 aromatic heterocycles. The van der Waals surface area contributed by atoms with Crippen molar-refractivity contribution in [3.05, 3.63) is 29.7 Å². The zero-order chi connectivity index (χ0) is 16.6. The van der Waals surface area contributed by atoms with E-state index >= 15 is 0 Å². The van der Waals surface area contributed by atoms with Crippen LogP contribution in [0.5, 0.6) is 0 Å². The van der Waals surface area contributed by atoms with Gasteiger partial charge in [-0.25, -0.2) is 13.1 Å². The number of nitrogens with one attached hydrogen (secondary N) is 1. The molecule has 0 radical (unpaired) electrons. The molecule has 8 nitrogen and oxygen atoms in total. The number of aryl methyl sites for hydroxylation is 2. The van der Waals surface area contributed by atoms with Crippen LogP contribution < -0.4 is 4.72 Å². The maximum atomic E-state index is 12.6. The van der Waals surface area contributed by atoms with E-state index in [-0.39, 0.29) is 17.2 Å². The lowest BCUT2D eigenvalue weighted by Crippen LogP contribution is -2.37. The molecule has 126 valence electrons. The summed E-state index contributed by atoms with van der Waals surface area (Å²) >= 11 is 0. The lowest BCUT2D eigenvalue weighted by Gasteiger charge is -2.20. The van der Waals surface area contributed by atoms with Gasteiger partial charge in [0.25, 0.3) is 10.0 Å². The van der Waals surface area contributed by atoms with Gasteiger partial charge in [0.05, 0.1) is 18.4 Å². The third kappa shape index (κ3) is 2.91. The van der Waals surface area contributed by atoms with Gasteiger partial charge in [-0.15, -0.1) is 0 Å².